The fourth-order valence-electron chi connectivity index (χ4n) is 9.93. The lowest BCUT2D eigenvalue weighted by Gasteiger charge is -2.41. The average molecular weight is 1170 g/mol. The maximum atomic E-state index is 13.4. The fourth-order valence-corrected chi connectivity index (χ4v) is 9.93. The van der Waals surface area contributed by atoms with Crippen molar-refractivity contribution in [3.63, 3.8) is 0 Å². The SMILES string of the molecule is CC\C=C/C=C/C=C/C=C\C=C\C=C\CCCCC(O)C(=O)NC(COC1OC(CO)C(O)C(O)C1OC(=O)CCCCCCCCCCCCCCCC/C=C\C/C=C\C/C=C\CCCCC)C(O)/C=C/CCCCCCCCCCCC. The van der Waals surface area contributed by atoms with Gasteiger partial charge in [-0.3, -0.25) is 9.59 Å². The van der Waals surface area contributed by atoms with Crippen LogP contribution in [0.25, 0.3) is 0 Å². The summed E-state index contributed by atoms with van der Waals surface area (Å²) in [5.74, 6) is -1.25. The predicted octanol–water partition coefficient (Wildman–Crippen LogP) is 17.0. The monoisotopic (exact) mass is 1170 g/mol. The van der Waals surface area contributed by atoms with Crippen LogP contribution in [0.1, 0.15) is 265 Å². The van der Waals surface area contributed by atoms with Gasteiger partial charge in [-0.15, -0.1) is 0 Å². The molecular formula is C73H123NO10. The molecule has 0 aromatic rings. The van der Waals surface area contributed by atoms with Crippen molar-refractivity contribution in [2.45, 2.75) is 314 Å². The second-order valence-electron chi connectivity index (χ2n) is 23.0. The predicted molar refractivity (Wildman–Crippen MR) is 351 cm³/mol. The molecule has 0 bridgehead atoms. The molecule has 6 N–H and O–H groups in total. The lowest BCUT2D eigenvalue weighted by atomic mass is 9.99. The Labute approximate surface area is 512 Å². The Morgan fingerprint density at radius 3 is 1.42 bits per heavy atom. The van der Waals surface area contributed by atoms with Crippen LogP contribution >= 0.6 is 0 Å². The van der Waals surface area contributed by atoms with Gasteiger partial charge in [0.05, 0.1) is 25.4 Å². The first-order valence-electron chi connectivity index (χ1n) is 33.9. The summed E-state index contributed by atoms with van der Waals surface area (Å²) in [5, 5.41) is 57.0. The Morgan fingerprint density at radius 1 is 0.488 bits per heavy atom. The van der Waals surface area contributed by atoms with Gasteiger partial charge in [0, 0.05) is 6.42 Å². The molecular weight excluding hydrogens is 1050 g/mol. The van der Waals surface area contributed by atoms with Crippen LogP contribution in [0.2, 0.25) is 0 Å². The van der Waals surface area contributed by atoms with Crippen molar-refractivity contribution < 1.29 is 49.3 Å². The number of unbranched alkanes of at least 4 members (excludes halogenated alkanes) is 29. The zero-order chi connectivity index (χ0) is 61.0. The number of rotatable bonds is 56. The summed E-state index contributed by atoms with van der Waals surface area (Å²) in [6.07, 6.45) is 72.4. The molecule has 11 nitrogen and oxygen atoms in total. The second-order valence-corrected chi connectivity index (χ2v) is 23.0. The molecule has 1 fully saturated rings. The van der Waals surface area contributed by atoms with Crippen LogP contribution in [-0.2, 0) is 23.8 Å². The van der Waals surface area contributed by atoms with E-state index in [4.69, 9.17) is 14.2 Å². The van der Waals surface area contributed by atoms with E-state index in [1.54, 1.807) is 6.08 Å². The van der Waals surface area contributed by atoms with Crippen LogP contribution in [0.3, 0.4) is 0 Å². The first-order chi connectivity index (χ1) is 41.2. The average Bonchev–Trinajstić information content (AvgIpc) is 3.54. The summed E-state index contributed by atoms with van der Waals surface area (Å²) in [4.78, 5) is 26.6. The van der Waals surface area contributed by atoms with Crippen molar-refractivity contribution in [2.24, 2.45) is 0 Å². The fraction of sp³-hybridized carbons (Fsp3) is 0.699. The van der Waals surface area contributed by atoms with Crippen LogP contribution in [-0.4, -0.2) is 99.6 Å². The first-order valence-corrected chi connectivity index (χ1v) is 33.9. The van der Waals surface area contributed by atoms with E-state index in [2.05, 4.69) is 68.6 Å². The number of nitrogens with one attached hydrogen (secondary N) is 1. The molecule has 0 radical (unpaired) electrons. The minimum absolute atomic E-state index is 0.111. The third kappa shape index (κ3) is 46.3. The molecule has 0 aliphatic carbocycles. The van der Waals surface area contributed by atoms with Crippen molar-refractivity contribution in [2.75, 3.05) is 13.2 Å². The van der Waals surface area contributed by atoms with E-state index in [0.717, 1.165) is 77.0 Å². The molecule has 0 spiro atoms. The third-order valence-electron chi connectivity index (χ3n) is 15.3. The summed E-state index contributed by atoms with van der Waals surface area (Å²) < 4.78 is 17.6. The molecule has 1 heterocycles. The number of carbonyl (C=O) groups excluding carboxylic acids is 2. The Balaban J connectivity index is 2.59. The Morgan fingerprint density at radius 2 is 0.905 bits per heavy atom. The standard InChI is InChI=1S/C73H123NO10/c1-4-7-10-13-16-19-22-25-27-29-30-31-32-33-34-35-36-37-38-39-41-43-46-49-52-55-58-61-68(78)84-71-70(80)69(79)67(62-75)83-73(71)82-63-64(65(76)59-56-53-50-47-44-24-21-18-15-12-9-6-3)74-72(81)66(77)60-57-54-51-48-45-42-40-28-26-23-20-17-14-11-8-5-2/h8,11,14,16-17,19-20,23,25-28,30-31,40,42,45,48,56,59,64-67,69-71,73,75-77,79-80H,4-7,9-10,12-13,15,18,21-22,24,29,32-39,41,43-44,46-47,49-55,57-58,60-63H2,1-3H3,(H,74,81)/b11-8-,17-14+,19-16-,23-20+,27-25-,28-26-,31-30-,42-40+,48-45+,59-56+. The number of amides is 1. The molecule has 1 aliphatic heterocycles. The molecule has 0 aromatic heterocycles. The van der Waals surface area contributed by atoms with E-state index < -0.39 is 67.4 Å². The number of ether oxygens (including phenoxy) is 3. The normalized spacial score (nSPS) is 19.3. The quantitative estimate of drug-likeness (QED) is 0.0149. The highest BCUT2D eigenvalue weighted by Gasteiger charge is 2.47. The van der Waals surface area contributed by atoms with E-state index in [-0.39, 0.29) is 19.4 Å². The maximum absolute atomic E-state index is 13.4. The van der Waals surface area contributed by atoms with E-state index in [1.165, 1.54) is 141 Å². The number of carbonyl (C=O) groups is 2. The minimum Gasteiger partial charge on any atom is -0.454 e. The number of hydrogen-bond acceptors (Lipinski definition) is 10. The van der Waals surface area contributed by atoms with Gasteiger partial charge in [-0.05, 0) is 83.5 Å². The van der Waals surface area contributed by atoms with Crippen LogP contribution in [0.15, 0.2) is 122 Å². The summed E-state index contributed by atoms with van der Waals surface area (Å²) in [5.41, 5.74) is 0. The van der Waals surface area contributed by atoms with Crippen molar-refractivity contribution >= 4 is 11.9 Å². The highest BCUT2D eigenvalue weighted by molar-refractivity contribution is 5.80. The molecule has 84 heavy (non-hydrogen) atoms. The lowest BCUT2D eigenvalue weighted by Crippen LogP contribution is -2.61. The Bertz CT molecular complexity index is 1830. The lowest BCUT2D eigenvalue weighted by molar-refractivity contribution is -0.305. The molecule has 1 amide bonds. The molecule has 11 heteroatoms. The number of esters is 1. The van der Waals surface area contributed by atoms with Gasteiger partial charge in [0.2, 0.25) is 5.91 Å². The van der Waals surface area contributed by atoms with Crippen molar-refractivity contribution in [1.29, 1.82) is 0 Å². The third-order valence-corrected chi connectivity index (χ3v) is 15.3. The van der Waals surface area contributed by atoms with Crippen LogP contribution in [0.5, 0.6) is 0 Å². The smallest absolute Gasteiger partial charge is 0.306 e. The zero-order valence-corrected chi connectivity index (χ0v) is 53.2. The summed E-state index contributed by atoms with van der Waals surface area (Å²) >= 11 is 0. The number of hydrogen-bond donors (Lipinski definition) is 6. The molecule has 1 aliphatic rings. The molecule has 0 saturated carbocycles. The number of aliphatic hydroxyl groups excluding tert-OH is 5. The highest BCUT2D eigenvalue weighted by Crippen LogP contribution is 2.26. The summed E-state index contributed by atoms with van der Waals surface area (Å²) in [6.45, 7) is 5.59. The summed E-state index contributed by atoms with van der Waals surface area (Å²) in [6, 6.07) is -1.06. The van der Waals surface area contributed by atoms with E-state index in [9.17, 15) is 35.1 Å². The molecule has 0 aromatic carbocycles. The van der Waals surface area contributed by atoms with Gasteiger partial charge in [-0.2, -0.15) is 0 Å². The summed E-state index contributed by atoms with van der Waals surface area (Å²) in [7, 11) is 0. The largest absolute Gasteiger partial charge is 0.454 e. The van der Waals surface area contributed by atoms with E-state index in [0.29, 0.717) is 12.8 Å². The first kappa shape index (κ1) is 78.1. The molecule has 480 valence electrons. The van der Waals surface area contributed by atoms with Crippen LogP contribution < -0.4 is 5.32 Å². The van der Waals surface area contributed by atoms with Gasteiger partial charge in [0.15, 0.2) is 12.4 Å². The van der Waals surface area contributed by atoms with Gasteiger partial charge >= 0.3 is 5.97 Å². The van der Waals surface area contributed by atoms with Gasteiger partial charge in [-0.25, -0.2) is 0 Å². The number of aliphatic hydroxyl groups is 5. The second kappa shape index (κ2) is 59.4. The van der Waals surface area contributed by atoms with Crippen molar-refractivity contribution in [3.8, 4) is 0 Å². The number of allylic oxidation sites excluding steroid dienone is 19. The van der Waals surface area contributed by atoms with E-state index >= 15 is 0 Å². The zero-order valence-electron chi connectivity index (χ0n) is 53.2. The molecule has 8 atom stereocenters. The molecule has 1 rings (SSSR count). The Kier molecular flexibility index (Phi) is 55.2. The molecule has 1 saturated heterocycles. The van der Waals surface area contributed by atoms with Gasteiger partial charge < -0.3 is 45.1 Å². The van der Waals surface area contributed by atoms with Crippen LogP contribution in [0, 0.1) is 0 Å². The topological polar surface area (TPSA) is 175 Å². The van der Waals surface area contributed by atoms with Gasteiger partial charge in [-0.1, -0.05) is 296 Å². The molecule has 8 unspecified atom stereocenters. The minimum atomic E-state index is -1.63. The highest BCUT2D eigenvalue weighted by atomic mass is 16.7. The maximum Gasteiger partial charge on any atom is 0.306 e. The Hall–Kier alpha value is -3.94. The van der Waals surface area contributed by atoms with E-state index in [1.807, 2.05) is 72.9 Å². The van der Waals surface area contributed by atoms with Crippen molar-refractivity contribution in [3.05, 3.63) is 122 Å². The van der Waals surface area contributed by atoms with Gasteiger partial charge in [0.1, 0.15) is 24.4 Å². The van der Waals surface area contributed by atoms with Gasteiger partial charge in [0.25, 0.3) is 0 Å². The van der Waals surface area contributed by atoms with Crippen LogP contribution in [0.4, 0.5) is 0 Å². The van der Waals surface area contributed by atoms with Crippen molar-refractivity contribution in [1.82, 2.24) is 5.32 Å².